The zero-order valence-corrected chi connectivity index (χ0v) is 11.3. The van der Waals surface area contributed by atoms with Gasteiger partial charge in [-0.3, -0.25) is 0 Å². The molecule has 100 valence electrons. The highest BCUT2D eigenvalue weighted by molar-refractivity contribution is 5.50. The first-order valence-electron chi connectivity index (χ1n) is 6.89. The van der Waals surface area contributed by atoms with Gasteiger partial charge in [-0.05, 0) is 42.9 Å². The molecular weight excluding hydrogens is 227 g/mol. The quantitative estimate of drug-likeness (QED) is 0.890. The number of halogens is 1. The van der Waals surface area contributed by atoms with Crippen LogP contribution in [0.5, 0.6) is 0 Å². The van der Waals surface area contributed by atoms with Crippen molar-refractivity contribution in [2.45, 2.75) is 39.2 Å². The number of anilines is 1. The van der Waals surface area contributed by atoms with Crippen LogP contribution in [0.2, 0.25) is 0 Å². The van der Waals surface area contributed by atoms with Gasteiger partial charge in [0.25, 0.3) is 0 Å². The zero-order valence-electron chi connectivity index (χ0n) is 11.3. The Kier molecular flexibility index (Phi) is 4.23. The van der Waals surface area contributed by atoms with E-state index in [1.54, 1.807) is 6.07 Å². The Bertz CT molecular complexity index is 405. The fourth-order valence-corrected chi connectivity index (χ4v) is 2.53. The topological polar surface area (TPSA) is 29.3 Å². The molecular formula is C15H23FN2. The van der Waals surface area contributed by atoms with Crippen molar-refractivity contribution in [1.29, 1.82) is 0 Å². The summed E-state index contributed by atoms with van der Waals surface area (Å²) in [5.41, 5.74) is 7.64. The van der Waals surface area contributed by atoms with E-state index >= 15 is 0 Å². The predicted molar refractivity (Wildman–Crippen MR) is 74.4 cm³/mol. The molecule has 1 saturated heterocycles. The van der Waals surface area contributed by atoms with Crippen LogP contribution in [0.1, 0.15) is 32.3 Å². The number of nitrogens with zero attached hydrogens (tertiary/aromatic N) is 1. The van der Waals surface area contributed by atoms with Gasteiger partial charge in [-0.1, -0.05) is 19.9 Å². The van der Waals surface area contributed by atoms with Gasteiger partial charge in [-0.2, -0.15) is 0 Å². The van der Waals surface area contributed by atoms with E-state index in [1.807, 2.05) is 12.1 Å². The van der Waals surface area contributed by atoms with E-state index in [1.165, 1.54) is 0 Å². The second-order valence-electron chi connectivity index (χ2n) is 5.50. The van der Waals surface area contributed by atoms with Crippen LogP contribution in [0, 0.1) is 11.7 Å². The predicted octanol–water partition coefficient (Wildman–Crippen LogP) is 2.95. The molecule has 2 N–H and O–H groups in total. The smallest absolute Gasteiger partial charge is 0.146 e. The molecule has 0 saturated carbocycles. The van der Waals surface area contributed by atoms with Gasteiger partial charge in [0.1, 0.15) is 5.82 Å². The summed E-state index contributed by atoms with van der Waals surface area (Å²) >= 11 is 0. The van der Waals surface area contributed by atoms with E-state index < -0.39 is 0 Å². The molecule has 3 heteroatoms. The molecule has 0 aromatic heterocycles. The van der Waals surface area contributed by atoms with Crippen molar-refractivity contribution in [3.8, 4) is 0 Å². The Morgan fingerprint density at radius 1 is 1.50 bits per heavy atom. The van der Waals surface area contributed by atoms with Crippen LogP contribution in [-0.4, -0.2) is 19.1 Å². The van der Waals surface area contributed by atoms with E-state index in [9.17, 15) is 4.39 Å². The van der Waals surface area contributed by atoms with Crippen LogP contribution in [0.15, 0.2) is 18.2 Å². The van der Waals surface area contributed by atoms with Gasteiger partial charge >= 0.3 is 0 Å². The lowest BCUT2D eigenvalue weighted by molar-refractivity contribution is 0.609. The van der Waals surface area contributed by atoms with Crippen LogP contribution in [-0.2, 0) is 6.42 Å². The van der Waals surface area contributed by atoms with Crippen molar-refractivity contribution < 1.29 is 4.39 Å². The Balaban J connectivity index is 2.10. The standard InChI is InChI=1S/C15H23FN2/c1-3-13(17)8-12-4-5-15(14(16)9-12)18-7-6-11(2)10-18/h4-5,9,11,13H,3,6-8,10,17H2,1-2H3. The van der Waals surface area contributed by atoms with Crippen LogP contribution in [0.3, 0.4) is 0 Å². The van der Waals surface area contributed by atoms with E-state index in [0.29, 0.717) is 5.92 Å². The van der Waals surface area contributed by atoms with E-state index in [-0.39, 0.29) is 11.9 Å². The van der Waals surface area contributed by atoms with Crippen LogP contribution in [0.4, 0.5) is 10.1 Å². The first-order chi connectivity index (χ1) is 8.60. The second kappa shape index (κ2) is 5.70. The number of hydrogen-bond donors (Lipinski definition) is 1. The Morgan fingerprint density at radius 3 is 2.83 bits per heavy atom. The highest BCUT2D eigenvalue weighted by Gasteiger charge is 2.21. The summed E-state index contributed by atoms with van der Waals surface area (Å²) in [6.45, 7) is 6.20. The van der Waals surface area contributed by atoms with E-state index in [4.69, 9.17) is 5.73 Å². The molecule has 2 rings (SSSR count). The van der Waals surface area contributed by atoms with Crippen molar-refractivity contribution >= 4 is 5.69 Å². The monoisotopic (exact) mass is 250 g/mol. The number of hydrogen-bond acceptors (Lipinski definition) is 2. The molecule has 0 aliphatic carbocycles. The SMILES string of the molecule is CCC(N)Cc1ccc(N2CCC(C)C2)c(F)c1. The molecule has 0 amide bonds. The average Bonchev–Trinajstić information content (AvgIpc) is 2.75. The molecule has 1 aromatic rings. The van der Waals surface area contributed by atoms with Crippen LogP contribution in [0.25, 0.3) is 0 Å². The summed E-state index contributed by atoms with van der Waals surface area (Å²) in [5.74, 6) is 0.558. The fraction of sp³-hybridized carbons (Fsp3) is 0.600. The third kappa shape index (κ3) is 3.02. The summed E-state index contributed by atoms with van der Waals surface area (Å²) in [5, 5.41) is 0. The Morgan fingerprint density at radius 2 is 2.28 bits per heavy atom. The lowest BCUT2D eigenvalue weighted by Gasteiger charge is -2.19. The molecule has 0 bridgehead atoms. The molecule has 18 heavy (non-hydrogen) atoms. The molecule has 1 aliphatic rings. The van der Waals surface area contributed by atoms with Crippen molar-refractivity contribution in [3.05, 3.63) is 29.6 Å². The van der Waals surface area contributed by atoms with Gasteiger partial charge in [0.05, 0.1) is 5.69 Å². The maximum Gasteiger partial charge on any atom is 0.146 e. The molecule has 2 nitrogen and oxygen atoms in total. The maximum atomic E-state index is 14.1. The minimum Gasteiger partial charge on any atom is -0.369 e. The third-order valence-electron chi connectivity index (χ3n) is 3.80. The average molecular weight is 250 g/mol. The highest BCUT2D eigenvalue weighted by Crippen LogP contribution is 2.27. The molecule has 1 heterocycles. The second-order valence-corrected chi connectivity index (χ2v) is 5.50. The number of rotatable bonds is 4. The molecule has 1 aromatic carbocycles. The third-order valence-corrected chi connectivity index (χ3v) is 3.80. The van der Waals surface area contributed by atoms with Gasteiger partial charge in [0.2, 0.25) is 0 Å². The minimum atomic E-state index is -0.107. The molecule has 1 aliphatic heterocycles. The van der Waals surface area contributed by atoms with Gasteiger partial charge < -0.3 is 10.6 Å². The molecule has 2 atom stereocenters. The van der Waals surface area contributed by atoms with Crippen LogP contribution >= 0.6 is 0 Å². The first kappa shape index (κ1) is 13.3. The lowest BCUT2D eigenvalue weighted by Crippen LogP contribution is -2.22. The number of benzene rings is 1. The summed E-state index contributed by atoms with van der Waals surface area (Å²) in [6, 6.07) is 5.69. The normalized spacial score (nSPS) is 21.3. The highest BCUT2D eigenvalue weighted by atomic mass is 19.1. The van der Waals surface area contributed by atoms with E-state index in [2.05, 4.69) is 18.7 Å². The lowest BCUT2D eigenvalue weighted by atomic mass is 10.0. The van der Waals surface area contributed by atoms with Crippen molar-refractivity contribution in [2.24, 2.45) is 11.7 Å². The van der Waals surface area contributed by atoms with E-state index in [0.717, 1.165) is 43.6 Å². The largest absolute Gasteiger partial charge is 0.369 e. The summed E-state index contributed by atoms with van der Waals surface area (Å²) < 4.78 is 14.1. The van der Waals surface area contributed by atoms with Gasteiger partial charge in [-0.25, -0.2) is 4.39 Å². The zero-order chi connectivity index (χ0) is 13.1. The van der Waals surface area contributed by atoms with Crippen molar-refractivity contribution in [3.63, 3.8) is 0 Å². The molecule has 0 spiro atoms. The number of nitrogens with two attached hydrogens (primary N) is 1. The van der Waals surface area contributed by atoms with Gasteiger partial charge in [0, 0.05) is 19.1 Å². The van der Waals surface area contributed by atoms with Gasteiger partial charge in [-0.15, -0.1) is 0 Å². The van der Waals surface area contributed by atoms with Gasteiger partial charge in [0.15, 0.2) is 0 Å². The molecule has 0 radical (unpaired) electrons. The summed E-state index contributed by atoms with van der Waals surface area (Å²) in [6.07, 6.45) is 2.83. The molecule has 2 unspecified atom stereocenters. The first-order valence-corrected chi connectivity index (χ1v) is 6.89. The van der Waals surface area contributed by atoms with Crippen molar-refractivity contribution in [1.82, 2.24) is 0 Å². The summed E-state index contributed by atoms with van der Waals surface area (Å²) in [4.78, 5) is 2.14. The summed E-state index contributed by atoms with van der Waals surface area (Å²) in [7, 11) is 0. The molecule has 1 fully saturated rings. The Hall–Kier alpha value is -1.09. The maximum absolute atomic E-state index is 14.1. The Labute approximate surface area is 109 Å². The fourth-order valence-electron chi connectivity index (χ4n) is 2.53. The van der Waals surface area contributed by atoms with Crippen molar-refractivity contribution in [2.75, 3.05) is 18.0 Å². The van der Waals surface area contributed by atoms with Crippen LogP contribution < -0.4 is 10.6 Å². The minimum absolute atomic E-state index is 0.107.